The molecule has 0 aliphatic rings. The van der Waals surface area contributed by atoms with Crippen molar-refractivity contribution in [3.8, 4) is 0 Å². The molecule has 11 heteroatoms. The van der Waals surface area contributed by atoms with Crippen LogP contribution in [0.2, 0.25) is 10.0 Å². The van der Waals surface area contributed by atoms with E-state index in [0.717, 1.165) is 11.4 Å². The third-order valence-corrected chi connectivity index (χ3v) is 2.88. The Kier molecular flexibility index (Phi) is 8.87. The minimum atomic E-state index is -5.17. The van der Waals surface area contributed by atoms with Gasteiger partial charge in [0.2, 0.25) is 0 Å². The fourth-order valence-corrected chi connectivity index (χ4v) is 1.42. The van der Waals surface area contributed by atoms with E-state index in [2.05, 4.69) is 11.5 Å². The molecule has 0 radical (unpaired) electrons. The molecule has 0 saturated carbocycles. The van der Waals surface area contributed by atoms with Crippen molar-refractivity contribution in [2.45, 2.75) is 0 Å². The Hall–Kier alpha value is -1.59. The van der Waals surface area contributed by atoms with E-state index in [1.54, 1.807) is 36.4 Å². The molecule has 0 heterocycles. The summed E-state index contributed by atoms with van der Waals surface area (Å²) in [6.07, 6.45) is 0. The normalized spacial score (nSPS) is 10.0. The third kappa shape index (κ3) is 11.6. The molecule has 10 N–H and O–H groups in total. The van der Waals surface area contributed by atoms with Crippen molar-refractivity contribution in [3.63, 3.8) is 0 Å². The number of rotatable bonds is 0. The van der Waals surface area contributed by atoms with Crippen LogP contribution < -0.4 is 22.9 Å². The first kappa shape index (κ1) is 21.4. The summed E-state index contributed by atoms with van der Waals surface area (Å²) in [4.78, 5) is 0. The number of benzene rings is 2. The topological polar surface area (TPSA) is 188 Å². The Bertz CT molecular complexity index is 699. The van der Waals surface area contributed by atoms with E-state index in [9.17, 15) is 0 Å². The molecule has 0 aliphatic carbocycles. The van der Waals surface area contributed by atoms with Gasteiger partial charge >= 0.3 is 0 Å². The molecule has 0 amide bonds. The predicted molar refractivity (Wildman–Crippen MR) is 87.3 cm³/mol. The second-order valence-electron chi connectivity index (χ2n) is 4.11. The van der Waals surface area contributed by atoms with E-state index < -0.39 is 10.4 Å². The van der Waals surface area contributed by atoms with E-state index in [-0.39, 0.29) is 0 Å². The number of nitrogen functional groups attached to an aromatic ring is 2. The van der Waals surface area contributed by atoms with Crippen molar-refractivity contribution in [2.24, 2.45) is 0 Å². The monoisotopic (exact) mass is 382 g/mol. The van der Waals surface area contributed by atoms with Crippen LogP contribution in [0.4, 0.5) is 22.7 Å². The van der Waals surface area contributed by atoms with E-state index >= 15 is 0 Å². The maximum Gasteiger partial charge on any atom is 0.148 e. The molecule has 2 rings (SSSR count). The molecule has 0 unspecified atom stereocenters. The van der Waals surface area contributed by atoms with Gasteiger partial charge in [0.15, 0.2) is 0 Å². The molecular weight excluding hydrogens is 367 g/mol. The highest BCUT2D eigenvalue weighted by Crippen LogP contribution is 2.19. The zero-order chi connectivity index (χ0) is 18.2. The molecule has 2 aromatic carbocycles. The summed E-state index contributed by atoms with van der Waals surface area (Å²) in [5, 5.41) is 1.31. The van der Waals surface area contributed by atoms with E-state index in [4.69, 9.17) is 52.2 Å². The zero-order valence-electron chi connectivity index (χ0n) is 11.8. The zero-order valence-corrected chi connectivity index (χ0v) is 14.2. The minimum Gasteiger partial charge on any atom is -0.759 e. The smallest absolute Gasteiger partial charge is 0.148 e. The van der Waals surface area contributed by atoms with Gasteiger partial charge in [-0.25, -0.2) is 0 Å². The largest absolute Gasteiger partial charge is 0.759 e. The van der Waals surface area contributed by atoms with E-state index in [0.29, 0.717) is 21.4 Å². The summed E-state index contributed by atoms with van der Waals surface area (Å²) in [5.74, 6) is 0. The van der Waals surface area contributed by atoms with Crippen molar-refractivity contribution in [3.05, 3.63) is 46.4 Å². The molecule has 0 aliphatic heterocycles. The van der Waals surface area contributed by atoms with Crippen molar-refractivity contribution in [1.82, 2.24) is 0 Å². The Labute approximate surface area is 143 Å². The quantitative estimate of drug-likeness (QED) is 0.287. The highest BCUT2D eigenvalue weighted by atomic mass is 35.5. The molecule has 0 saturated heterocycles. The third-order valence-electron chi connectivity index (χ3n) is 2.14. The van der Waals surface area contributed by atoms with Crippen molar-refractivity contribution in [2.75, 3.05) is 11.5 Å². The van der Waals surface area contributed by atoms with Gasteiger partial charge in [-0.1, -0.05) is 23.2 Å². The van der Waals surface area contributed by atoms with Crippen LogP contribution in [0.1, 0.15) is 0 Å². The summed E-state index contributed by atoms with van der Waals surface area (Å²) in [7, 11) is -5.17. The highest BCUT2D eigenvalue weighted by Gasteiger charge is 1.97. The van der Waals surface area contributed by atoms with Crippen molar-refractivity contribution in [1.29, 1.82) is 0 Å². The highest BCUT2D eigenvalue weighted by molar-refractivity contribution is 7.79. The molecule has 128 valence electrons. The fourth-order valence-electron chi connectivity index (χ4n) is 1.19. The Morgan fingerprint density at radius 1 is 0.826 bits per heavy atom. The van der Waals surface area contributed by atoms with Gasteiger partial charge in [-0.3, -0.25) is 8.42 Å². The van der Waals surface area contributed by atoms with Crippen LogP contribution in [0.15, 0.2) is 36.4 Å². The van der Waals surface area contributed by atoms with Crippen LogP contribution in [-0.2, 0) is 10.4 Å². The lowest BCUT2D eigenvalue weighted by molar-refractivity contribution is -0.255. The number of nitrogens with two attached hydrogens (primary N) is 2. The van der Waals surface area contributed by atoms with Gasteiger partial charge in [-0.05, 0) is 24.3 Å². The van der Waals surface area contributed by atoms with Gasteiger partial charge in [0.1, 0.15) is 21.4 Å². The standard InChI is InChI=1S/2C6H7ClN2.H2O4S/c2*7-5-2-1-4(8)3-6(5)9;1-5(2,3)4/h2*1-3H,8-9H2;(H2,1,2,3,4). The second-order valence-corrected chi connectivity index (χ2v) is 5.74. The molecule has 2 aromatic rings. The van der Waals surface area contributed by atoms with Crippen LogP contribution in [-0.4, -0.2) is 17.5 Å². The molecule has 0 fully saturated rings. The fraction of sp³-hybridized carbons (Fsp3) is 0. The number of quaternary nitrogens is 2. The Balaban J connectivity index is 0.000000332. The second kappa shape index (κ2) is 9.53. The van der Waals surface area contributed by atoms with E-state index in [1.165, 1.54) is 0 Å². The summed E-state index contributed by atoms with van der Waals surface area (Å²) in [6, 6.07) is 10.4. The minimum absolute atomic E-state index is 0.657. The van der Waals surface area contributed by atoms with Crippen LogP contribution >= 0.6 is 23.2 Å². The number of halogens is 2. The predicted octanol–water partition coefficient (Wildman–Crippen LogP) is 0.253. The maximum absolute atomic E-state index is 8.52. The van der Waals surface area contributed by atoms with Crippen molar-refractivity contribution >= 4 is 56.4 Å². The average Bonchev–Trinajstić information content (AvgIpc) is 2.38. The van der Waals surface area contributed by atoms with Gasteiger partial charge in [-0.15, -0.1) is 0 Å². The molecule has 0 spiro atoms. The Morgan fingerprint density at radius 2 is 1.09 bits per heavy atom. The first-order valence-corrected chi connectivity index (χ1v) is 7.89. The van der Waals surface area contributed by atoms with E-state index in [1.807, 2.05) is 0 Å². The van der Waals surface area contributed by atoms with Crippen LogP contribution in [0.3, 0.4) is 0 Å². The molecule has 0 aromatic heterocycles. The van der Waals surface area contributed by atoms with Crippen LogP contribution in [0.25, 0.3) is 0 Å². The van der Waals surface area contributed by atoms with Crippen LogP contribution in [0, 0.1) is 0 Å². The van der Waals surface area contributed by atoms with Gasteiger partial charge in [-0.2, -0.15) is 0 Å². The first-order valence-electron chi connectivity index (χ1n) is 5.81. The lowest BCUT2D eigenvalue weighted by atomic mass is 10.3. The SMILES string of the molecule is Nc1ccc(Cl)c([NH3+])c1.Nc1ccc(Cl)c([NH3+])c1.O=S(=O)([O-])[O-]. The average molecular weight is 383 g/mol. The summed E-state index contributed by atoms with van der Waals surface area (Å²) in [5.41, 5.74) is 21.1. The molecular formula is C12H16Cl2N4O4S. The number of hydrogen-bond acceptors (Lipinski definition) is 6. The molecule has 0 bridgehead atoms. The molecule has 8 nitrogen and oxygen atoms in total. The van der Waals surface area contributed by atoms with Gasteiger partial charge < -0.3 is 32.0 Å². The van der Waals surface area contributed by atoms with Gasteiger partial charge in [0.25, 0.3) is 0 Å². The number of hydrogen-bond donors (Lipinski definition) is 4. The van der Waals surface area contributed by atoms with Crippen LogP contribution in [0.5, 0.6) is 0 Å². The molecule has 23 heavy (non-hydrogen) atoms. The first-order chi connectivity index (χ1) is 10.4. The number of anilines is 2. The lowest BCUT2D eigenvalue weighted by Crippen LogP contribution is -2.40. The van der Waals surface area contributed by atoms with Gasteiger partial charge in [0.05, 0.1) is 0 Å². The lowest BCUT2D eigenvalue weighted by Gasteiger charge is -2.06. The maximum atomic E-state index is 8.52. The van der Waals surface area contributed by atoms with Crippen molar-refractivity contribution < 1.29 is 29.0 Å². The summed E-state index contributed by atoms with van der Waals surface area (Å²) in [6.45, 7) is 0. The summed E-state index contributed by atoms with van der Waals surface area (Å²) < 4.78 is 34.1. The Morgan fingerprint density at radius 3 is 1.26 bits per heavy atom. The van der Waals surface area contributed by atoms with Gasteiger partial charge in [0, 0.05) is 33.9 Å². The molecule has 0 atom stereocenters. The summed E-state index contributed by atoms with van der Waals surface area (Å²) >= 11 is 11.3.